The quantitative estimate of drug-likeness (QED) is 0.831. The van der Waals surface area contributed by atoms with Crippen LogP contribution >= 0.6 is 0 Å². The van der Waals surface area contributed by atoms with E-state index in [4.69, 9.17) is 4.74 Å². The van der Waals surface area contributed by atoms with Crippen LogP contribution < -0.4 is 5.32 Å². The van der Waals surface area contributed by atoms with E-state index in [0.29, 0.717) is 24.0 Å². The van der Waals surface area contributed by atoms with Crippen molar-refractivity contribution in [1.29, 1.82) is 0 Å². The highest BCUT2D eigenvalue weighted by Gasteiger charge is 2.21. The predicted octanol–water partition coefficient (Wildman–Crippen LogP) is 2.48. The molecule has 1 unspecified atom stereocenters. The van der Waals surface area contributed by atoms with Crippen LogP contribution in [0.5, 0.6) is 0 Å². The minimum absolute atomic E-state index is 0.212. The maximum atomic E-state index is 11.8. The third kappa shape index (κ3) is 3.57. The molecule has 0 spiro atoms. The number of esters is 1. The third-order valence-corrected chi connectivity index (χ3v) is 3.68. The van der Waals surface area contributed by atoms with Gasteiger partial charge in [-0.3, -0.25) is 0 Å². The van der Waals surface area contributed by atoms with Gasteiger partial charge in [-0.2, -0.15) is 0 Å². The Bertz CT molecular complexity index is 371. The van der Waals surface area contributed by atoms with E-state index in [1.165, 1.54) is 12.8 Å². The maximum Gasteiger partial charge on any atom is 0.338 e. The van der Waals surface area contributed by atoms with E-state index in [2.05, 4.69) is 12.2 Å². The van der Waals surface area contributed by atoms with Gasteiger partial charge in [0, 0.05) is 0 Å². The van der Waals surface area contributed by atoms with Crippen molar-refractivity contribution < 1.29 is 9.53 Å². The first kappa shape index (κ1) is 13.1. The Morgan fingerprint density at radius 1 is 1.33 bits per heavy atom. The van der Waals surface area contributed by atoms with Crippen LogP contribution in [-0.2, 0) is 4.74 Å². The largest absolute Gasteiger partial charge is 0.462 e. The van der Waals surface area contributed by atoms with Crippen molar-refractivity contribution in [1.82, 2.24) is 5.32 Å². The molecule has 18 heavy (non-hydrogen) atoms. The van der Waals surface area contributed by atoms with Gasteiger partial charge in [-0.15, -0.1) is 0 Å². The summed E-state index contributed by atoms with van der Waals surface area (Å²) in [4.78, 5) is 11.8. The Morgan fingerprint density at radius 2 is 2.00 bits per heavy atom. The first-order valence-electron chi connectivity index (χ1n) is 6.70. The number of rotatable bonds is 4. The second kappa shape index (κ2) is 6.55. The Balaban J connectivity index is 1.78. The maximum absolute atomic E-state index is 11.8. The van der Waals surface area contributed by atoms with E-state index in [-0.39, 0.29) is 5.97 Å². The molecular weight excluding hydrogens is 226 g/mol. The number of carbonyl (C=O) groups excluding carboxylic acids is 1. The van der Waals surface area contributed by atoms with Crippen LogP contribution in [0.15, 0.2) is 30.3 Å². The van der Waals surface area contributed by atoms with Crippen molar-refractivity contribution >= 4 is 5.97 Å². The number of carbonyl (C=O) groups is 1. The van der Waals surface area contributed by atoms with Crippen molar-refractivity contribution in [3.8, 4) is 0 Å². The van der Waals surface area contributed by atoms with E-state index in [1.807, 2.05) is 18.2 Å². The minimum atomic E-state index is -0.212. The zero-order valence-electron chi connectivity index (χ0n) is 10.9. The summed E-state index contributed by atoms with van der Waals surface area (Å²) >= 11 is 0. The number of piperidine rings is 1. The first-order valence-corrected chi connectivity index (χ1v) is 6.70. The Hall–Kier alpha value is -1.35. The van der Waals surface area contributed by atoms with Gasteiger partial charge in [-0.25, -0.2) is 4.79 Å². The van der Waals surface area contributed by atoms with Crippen LogP contribution in [0.25, 0.3) is 0 Å². The fourth-order valence-corrected chi connectivity index (χ4v) is 2.41. The molecule has 1 fully saturated rings. The number of ether oxygens (including phenoxy) is 1. The van der Waals surface area contributed by atoms with Crippen LogP contribution in [0.4, 0.5) is 0 Å². The summed E-state index contributed by atoms with van der Waals surface area (Å²) in [6.07, 6.45) is 2.37. The third-order valence-electron chi connectivity index (χ3n) is 3.68. The molecule has 0 amide bonds. The van der Waals surface area contributed by atoms with Gasteiger partial charge in [0.1, 0.15) is 0 Å². The summed E-state index contributed by atoms with van der Waals surface area (Å²) in [5.74, 6) is 0.908. The van der Waals surface area contributed by atoms with Gasteiger partial charge in [0.15, 0.2) is 0 Å². The van der Waals surface area contributed by atoms with Crippen LogP contribution in [-0.4, -0.2) is 25.7 Å². The van der Waals surface area contributed by atoms with E-state index in [0.717, 1.165) is 13.1 Å². The molecule has 1 N–H and O–H groups in total. The summed E-state index contributed by atoms with van der Waals surface area (Å²) in [5, 5.41) is 3.35. The van der Waals surface area contributed by atoms with Crippen LogP contribution in [0.2, 0.25) is 0 Å². The monoisotopic (exact) mass is 247 g/mol. The van der Waals surface area contributed by atoms with Crippen molar-refractivity contribution in [2.24, 2.45) is 11.8 Å². The van der Waals surface area contributed by atoms with Crippen LogP contribution in [0.1, 0.15) is 30.1 Å². The molecule has 1 aliphatic heterocycles. The number of hydrogen-bond donors (Lipinski definition) is 1. The summed E-state index contributed by atoms with van der Waals surface area (Å²) in [7, 11) is 0. The van der Waals surface area contributed by atoms with Gasteiger partial charge in [0.2, 0.25) is 0 Å². The number of benzene rings is 1. The van der Waals surface area contributed by atoms with Gasteiger partial charge in [-0.1, -0.05) is 25.1 Å². The Kier molecular flexibility index (Phi) is 4.76. The second-order valence-corrected chi connectivity index (χ2v) is 5.03. The Morgan fingerprint density at radius 3 is 2.67 bits per heavy atom. The predicted molar refractivity (Wildman–Crippen MR) is 71.5 cm³/mol. The van der Waals surface area contributed by atoms with E-state index in [1.54, 1.807) is 12.1 Å². The van der Waals surface area contributed by atoms with Crippen molar-refractivity contribution in [2.45, 2.75) is 19.8 Å². The lowest BCUT2D eigenvalue weighted by Gasteiger charge is -2.27. The molecular formula is C15H21NO2. The average molecular weight is 247 g/mol. The molecule has 98 valence electrons. The van der Waals surface area contributed by atoms with Crippen molar-refractivity contribution in [2.75, 3.05) is 19.7 Å². The molecule has 3 heteroatoms. The van der Waals surface area contributed by atoms with E-state index < -0.39 is 0 Å². The average Bonchev–Trinajstić information content (AvgIpc) is 2.46. The lowest BCUT2D eigenvalue weighted by molar-refractivity contribution is 0.0390. The second-order valence-electron chi connectivity index (χ2n) is 5.03. The molecule has 1 atom stereocenters. The highest BCUT2D eigenvalue weighted by atomic mass is 16.5. The molecule has 0 aromatic heterocycles. The molecule has 0 aliphatic carbocycles. The molecule has 1 aromatic rings. The van der Waals surface area contributed by atoms with Gasteiger partial charge >= 0.3 is 5.97 Å². The molecule has 1 aromatic carbocycles. The van der Waals surface area contributed by atoms with Crippen molar-refractivity contribution in [3.05, 3.63) is 35.9 Å². The lowest BCUT2D eigenvalue weighted by Crippen LogP contribution is -2.32. The highest BCUT2D eigenvalue weighted by molar-refractivity contribution is 5.89. The standard InChI is InChI=1S/C15H21NO2/c1-12(13-7-9-16-10-8-13)11-18-15(17)14-5-3-2-4-6-14/h2-6,12-13,16H,7-11H2,1H3. The fourth-order valence-electron chi connectivity index (χ4n) is 2.41. The topological polar surface area (TPSA) is 38.3 Å². The smallest absolute Gasteiger partial charge is 0.338 e. The molecule has 1 aliphatic rings. The summed E-state index contributed by atoms with van der Waals surface area (Å²) in [6, 6.07) is 9.18. The zero-order chi connectivity index (χ0) is 12.8. The van der Waals surface area contributed by atoms with E-state index >= 15 is 0 Å². The Labute approximate surface area is 109 Å². The van der Waals surface area contributed by atoms with Crippen LogP contribution in [0, 0.1) is 11.8 Å². The van der Waals surface area contributed by atoms with Crippen molar-refractivity contribution in [3.63, 3.8) is 0 Å². The SMILES string of the molecule is CC(COC(=O)c1ccccc1)C1CCNCC1. The molecule has 3 nitrogen and oxygen atoms in total. The highest BCUT2D eigenvalue weighted by Crippen LogP contribution is 2.22. The fraction of sp³-hybridized carbons (Fsp3) is 0.533. The lowest BCUT2D eigenvalue weighted by atomic mass is 9.87. The number of nitrogens with one attached hydrogen (secondary N) is 1. The van der Waals surface area contributed by atoms with Gasteiger partial charge in [0.05, 0.1) is 12.2 Å². The molecule has 2 rings (SSSR count). The van der Waals surface area contributed by atoms with E-state index in [9.17, 15) is 4.79 Å². The number of hydrogen-bond acceptors (Lipinski definition) is 3. The summed E-state index contributed by atoms with van der Waals surface area (Å²) < 4.78 is 5.38. The molecule has 0 radical (unpaired) electrons. The molecule has 1 heterocycles. The molecule has 0 saturated carbocycles. The normalized spacial score (nSPS) is 18.3. The van der Waals surface area contributed by atoms with Gasteiger partial charge in [0.25, 0.3) is 0 Å². The molecule has 0 bridgehead atoms. The first-order chi connectivity index (χ1) is 8.77. The van der Waals surface area contributed by atoms with Gasteiger partial charge in [-0.05, 0) is 49.9 Å². The van der Waals surface area contributed by atoms with Crippen LogP contribution in [0.3, 0.4) is 0 Å². The molecule has 1 saturated heterocycles. The zero-order valence-corrected chi connectivity index (χ0v) is 10.9. The van der Waals surface area contributed by atoms with Gasteiger partial charge < -0.3 is 10.1 Å². The summed E-state index contributed by atoms with van der Waals surface area (Å²) in [6.45, 7) is 4.87. The summed E-state index contributed by atoms with van der Waals surface area (Å²) in [5.41, 5.74) is 0.634. The minimum Gasteiger partial charge on any atom is -0.462 e.